The van der Waals surface area contributed by atoms with Crippen molar-refractivity contribution in [3.05, 3.63) is 48.0 Å². The van der Waals surface area contributed by atoms with Crippen molar-refractivity contribution < 1.29 is 13.2 Å². The smallest absolute Gasteiger partial charge is 0.340 e. The lowest BCUT2D eigenvalue weighted by Gasteiger charge is -2.37. The summed E-state index contributed by atoms with van der Waals surface area (Å²) in [5, 5.41) is 0. The normalized spacial score (nSPS) is 20.0. The molecule has 2 aromatic rings. The Kier molecular flexibility index (Phi) is 7.92. The first-order valence-electron chi connectivity index (χ1n) is 12.9. The summed E-state index contributed by atoms with van der Waals surface area (Å²) in [7, 11) is 0. The van der Waals surface area contributed by atoms with Crippen molar-refractivity contribution in [1.82, 2.24) is 14.7 Å². The third-order valence-electron chi connectivity index (χ3n) is 7.46. The molecule has 0 bridgehead atoms. The summed E-state index contributed by atoms with van der Waals surface area (Å²) in [5.41, 5.74) is 1.10. The number of fused-ring (bicyclic) bond motifs is 2. The Morgan fingerprint density at radius 1 is 0.657 bits per heavy atom. The van der Waals surface area contributed by atoms with Crippen molar-refractivity contribution >= 4 is 23.1 Å². The van der Waals surface area contributed by atoms with Crippen LogP contribution in [0, 0.1) is 0 Å². The maximum Gasteiger partial charge on any atom is 0.416 e. The molecule has 0 amide bonds. The van der Waals surface area contributed by atoms with Gasteiger partial charge in [-0.15, -0.1) is 0 Å². The van der Waals surface area contributed by atoms with Crippen LogP contribution >= 0.6 is 11.8 Å². The lowest BCUT2D eigenvalue weighted by Crippen LogP contribution is -2.49. The number of piperazine rings is 1. The number of nitrogens with zero attached hydrogens (tertiary/aromatic N) is 4. The SMILES string of the molecule is FC(F)(F)c1ccc2c(c1)N(CCCN1CCN(CCN3CCCCC3)CC1)c1ccccc1S2. The Bertz CT molecular complexity index is 985. The number of piperidine rings is 1. The summed E-state index contributed by atoms with van der Waals surface area (Å²) in [6, 6.07) is 12.2. The standard InChI is InChI=1S/C27H35F3N4S/c28-27(29,30)22-9-10-26-24(21-22)34(23-7-2-3-8-25(23)35-26)14-6-13-32-16-19-33(20-17-32)18-15-31-11-4-1-5-12-31/h2-3,7-10,21H,1,4-6,11-20H2. The molecule has 2 fully saturated rings. The van der Waals surface area contributed by atoms with Gasteiger partial charge in [0.25, 0.3) is 0 Å². The van der Waals surface area contributed by atoms with Crippen LogP contribution in [0.25, 0.3) is 0 Å². The summed E-state index contributed by atoms with van der Waals surface area (Å²) >= 11 is 1.55. The van der Waals surface area contributed by atoms with E-state index in [0.717, 1.165) is 61.2 Å². The van der Waals surface area contributed by atoms with E-state index >= 15 is 0 Å². The predicted octanol–water partition coefficient (Wildman–Crippen LogP) is 5.80. The second-order valence-electron chi connectivity index (χ2n) is 9.84. The molecule has 3 aliphatic heterocycles. The first kappa shape index (κ1) is 24.9. The molecule has 3 heterocycles. The van der Waals surface area contributed by atoms with Gasteiger partial charge in [0, 0.05) is 55.6 Å². The lowest BCUT2D eigenvalue weighted by molar-refractivity contribution is -0.137. The van der Waals surface area contributed by atoms with Gasteiger partial charge in [0.1, 0.15) is 0 Å². The maximum atomic E-state index is 13.4. The molecule has 4 nitrogen and oxygen atoms in total. The molecule has 0 unspecified atom stereocenters. The van der Waals surface area contributed by atoms with E-state index in [4.69, 9.17) is 0 Å². The molecule has 2 aromatic carbocycles. The molecule has 0 N–H and O–H groups in total. The van der Waals surface area contributed by atoms with Crippen molar-refractivity contribution in [3.63, 3.8) is 0 Å². The van der Waals surface area contributed by atoms with E-state index in [-0.39, 0.29) is 0 Å². The monoisotopic (exact) mass is 504 g/mol. The van der Waals surface area contributed by atoms with Crippen molar-refractivity contribution in [1.29, 1.82) is 0 Å². The Hall–Kier alpha value is -1.74. The first-order chi connectivity index (χ1) is 17.0. The molecule has 0 atom stereocenters. The number of benzene rings is 2. The van der Waals surface area contributed by atoms with Crippen LogP contribution < -0.4 is 4.90 Å². The number of anilines is 2. The number of alkyl halides is 3. The van der Waals surface area contributed by atoms with Crippen molar-refractivity contribution in [2.24, 2.45) is 0 Å². The van der Waals surface area contributed by atoms with Crippen LogP contribution in [-0.4, -0.2) is 80.1 Å². The Morgan fingerprint density at radius 3 is 2.00 bits per heavy atom. The summed E-state index contributed by atoms with van der Waals surface area (Å²) in [5.74, 6) is 0. The molecule has 8 heteroatoms. The number of para-hydroxylation sites is 1. The van der Waals surface area contributed by atoms with Gasteiger partial charge in [-0.1, -0.05) is 30.3 Å². The molecule has 2 saturated heterocycles. The molecule has 3 aliphatic rings. The van der Waals surface area contributed by atoms with E-state index in [1.807, 2.05) is 18.2 Å². The van der Waals surface area contributed by atoms with Gasteiger partial charge in [0.05, 0.1) is 16.9 Å². The Morgan fingerprint density at radius 2 is 1.29 bits per heavy atom. The maximum absolute atomic E-state index is 13.4. The van der Waals surface area contributed by atoms with E-state index < -0.39 is 11.7 Å². The minimum absolute atomic E-state index is 0.582. The number of hydrogen-bond acceptors (Lipinski definition) is 5. The van der Waals surface area contributed by atoms with Crippen molar-refractivity contribution in [2.45, 2.75) is 41.7 Å². The van der Waals surface area contributed by atoms with E-state index in [1.54, 1.807) is 17.8 Å². The summed E-state index contributed by atoms with van der Waals surface area (Å²) in [4.78, 5) is 11.8. The molecule has 0 aromatic heterocycles. The van der Waals surface area contributed by atoms with Crippen LogP contribution in [-0.2, 0) is 6.18 Å². The van der Waals surface area contributed by atoms with E-state index in [9.17, 15) is 13.2 Å². The molecule has 35 heavy (non-hydrogen) atoms. The van der Waals surface area contributed by atoms with Gasteiger partial charge in [0.2, 0.25) is 0 Å². The highest BCUT2D eigenvalue weighted by atomic mass is 32.2. The van der Waals surface area contributed by atoms with Crippen LogP contribution in [0.1, 0.15) is 31.2 Å². The average molecular weight is 505 g/mol. The molecule has 0 radical (unpaired) electrons. The quantitative estimate of drug-likeness (QED) is 0.471. The van der Waals surface area contributed by atoms with Gasteiger partial charge in [-0.05, 0) is 69.2 Å². The molecule has 0 aliphatic carbocycles. The number of rotatable bonds is 7. The van der Waals surface area contributed by atoms with Crippen LogP contribution in [0.4, 0.5) is 24.5 Å². The van der Waals surface area contributed by atoms with Gasteiger partial charge in [-0.3, -0.25) is 4.90 Å². The fourth-order valence-corrected chi connectivity index (χ4v) is 6.48. The summed E-state index contributed by atoms with van der Waals surface area (Å²) in [6.45, 7) is 10.9. The Labute approximate surface area is 211 Å². The molecule has 0 spiro atoms. The van der Waals surface area contributed by atoms with Gasteiger partial charge < -0.3 is 14.7 Å². The second kappa shape index (κ2) is 11.1. The number of hydrogen-bond donors (Lipinski definition) is 0. The molecular weight excluding hydrogens is 469 g/mol. The van der Waals surface area contributed by atoms with Crippen molar-refractivity contribution in [3.8, 4) is 0 Å². The van der Waals surface area contributed by atoms with Crippen LogP contribution in [0.5, 0.6) is 0 Å². The predicted molar refractivity (Wildman–Crippen MR) is 137 cm³/mol. The fourth-order valence-electron chi connectivity index (χ4n) is 5.40. The summed E-state index contributed by atoms with van der Waals surface area (Å²) in [6.07, 6.45) is 0.649. The average Bonchev–Trinajstić information content (AvgIpc) is 2.87. The van der Waals surface area contributed by atoms with Crippen LogP contribution in [0.2, 0.25) is 0 Å². The molecular formula is C27H35F3N4S. The van der Waals surface area contributed by atoms with Crippen LogP contribution in [0.15, 0.2) is 52.3 Å². The van der Waals surface area contributed by atoms with Gasteiger partial charge in [0.15, 0.2) is 0 Å². The second-order valence-corrected chi connectivity index (χ2v) is 10.9. The van der Waals surface area contributed by atoms with Crippen molar-refractivity contribution in [2.75, 3.05) is 70.3 Å². The topological polar surface area (TPSA) is 13.0 Å². The van der Waals surface area contributed by atoms with Crippen LogP contribution in [0.3, 0.4) is 0 Å². The highest BCUT2D eigenvalue weighted by molar-refractivity contribution is 7.99. The van der Waals surface area contributed by atoms with E-state index in [1.165, 1.54) is 51.0 Å². The zero-order chi connectivity index (χ0) is 24.3. The third-order valence-corrected chi connectivity index (χ3v) is 8.59. The van der Waals surface area contributed by atoms with Gasteiger partial charge >= 0.3 is 6.18 Å². The van der Waals surface area contributed by atoms with Gasteiger partial charge in [-0.25, -0.2) is 0 Å². The van der Waals surface area contributed by atoms with E-state index in [0.29, 0.717) is 12.2 Å². The zero-order valence-electron chi connectivity index (χ0n) is 20.3. The minimum atomic E-state index is -4.34. The number of likely N-dealkylation sites (tertiary alicyclic amines) is 1. The molecule has 5 rings (SSSR count). The molecule has 0 saturated carbocycles. The zero-order valence-corrected chi connectivity index (χ0v) is 21.1. The third kappa shape index (κ3) is 6.16. The Balaban J connectivity index is 1.16. The number of halogens is 3. The summed E-state index contributed by atoms with van der Waals surface area (Å²) < 4.78 is 40.3. The lowest BCUT2D eigenvalue weighted by atomic mass is 10.1. The minimum Gasteiger partial charge on any atom is -0.340 e. The van der Waals surface area contributed by atoms with Gasteiger partial charge in [-0.2, -0.15) is 13.2 Å². The highest BCUT2D eigenvalue weighted by Gasteiger charge is 2.33. The fraction of sp³-hybridized carbons (Fsp3) is 0.556. The largest absolute Gasteiger partial charge is 0.416 e. The first-order valence-corrected chi connectivity index (χ1v) is 13.7. The van der Waals surface area contributed by atoms with E-state index in [2.05, 4.69) is 25.7 Å². The highest BCUT2D eigenvalue weighted by Crippen LogP contribution is 2.49. The molecule has 190 valence electrons.